The minimum absolute atomic E-state index is 0.0792. The molecule has 0 aliphatic heterocycles. The Kier molecular flexibility index (Phi) is 3.49. The van der Waals surface area contributed by atoms with Gasteiger partial charge in [-0.2, -0.15) is 0 Å². The van der Waals surface area contributed by atoms with Gasteiger partial charge < -0.3 is 14.4 Å². The quantitative estimate of drug-likeness (QED) is 0.762. The van der Waals surface area contributed by atoms with Gasteiger partial charge in [-0.1, -0.05) is 0 Å². The van der Waals surface area contributed by atoms with Crippen LogP contribution in [0.15, 0.2) is 18.3 Å². The molecule has 0 aromatic carbocycles. The molecule has 0 amide bonds. The molecule has 1 N–H and O–H groups in total. The maximum absolute atomic E-state index is 11.4. The second-order valence-corrected chi connectivity index (χ2v) is 3.03. The van der Waals surface area contributed by atoms with Gasteiger partial charge in [0.25, 0.3) is 0 Å². The SMILES string of the molecule is CCOC(=O)C(C)n1cccc1C(=O)O. The van der Waals surface area contributed by atoms with E-state index in [2.05, 4.69) is 0 Å². The zero-order chi connectivity index (χ0) is 11.4. The fourth-order valence-corrected chi connectivity index (χ4v) is 1.29. The number of hydrogen-bond acceptors (Lipinski definition) is 3. The molecule has 0 aliphatic carbocycles. The lowest BCUT2D eigenvalue weighted by molar-refractivity contribution is -0.146. The van der Waals surface area contributed by atoms with Gasteiger partial charge in [-0.05, 0) is 26.0 Å². The van der Waals surface area contributed by atoms with Crippen molar-refractivity contribution >= 4 is 11.9 Å². The molecule has 1 aromatic rings. The number of rotatable bonds is 4. The second-order valence-electron chi connectivity index (χ2n) is 3.03. The number of hydrogen-bond donors (Lipinski definition) is 1. The Hall–Kier alpha value is -1.78. The van der Waals surface area contributed by atoms with Gasteiger partial charge in [0.15, 0.2) is 0 Å². The predicted molar refractivity (Wildman–Crippen MR) is 52.7 cm³/mol. The molecule has 82 valence electrons. The highest BCUT2D eigenvalue weighted by Crippen LogP contribution is 2.13. The number of ether oxygens (including phenoxy) is 1. The van der Waals surface area contributed by atoms with Crippen molar-refractivity contribution in [2.24, 2.45) is 0 Å². The van der Waals surface area contributed by atoms with Crippen LogP contribution < -0.4 is 0 Å². The van der Waals surface area contributed by atoms with Gasteiger partial charge in [0.05, 0.1) is 6.61 Å². The fourth-order valence-electron chi connectivity index (χ4n) is 1.29. The molecule has 0 saturated carbocycles. The van der Waals surface area contributed by atoms with E-state index in [1.807, 2.05) is 0 Å². The first-order chi connectivity index (χ1) is 7.07. The van der Waals surface area contributed by atoms with Gasteiger partial charge >= 0.3 is 11.9 Å². The zero-order valence-corrected chi connectivity index (χ0v) is 8.64. The van der Waals surface area contributed by atoms with E-state index in [1.165, 1.54) is 10.6 Å². The minimum Gasteiger partial charge on any atom is -0.477 e. The van der Waals surface area contributed by atoms with Gasteiger partial charge in [-0.3, -0.25) is 0 Å². The molecule has 5 heteroatoms. The van der Waals surface area contributed by atoms with Crippen LogP contribution in [0.5, 0.6) is 0 Å². The Labute approximate surface area is 87.3 Å². The van der Waals surface area contributed by atoms with Crippen LogP contribution in [0.1, 0.15) is 30.4 Å². The Morgan fingerprint density at radius 3 is 2.80 bits per heavy atom. The van der Waals surface area contributed by atoms with E-state index in [4.69, 9.17) is 9.84 Å². The predicted octanol–water partition coefficient (Wildman–Crippen LogP) is 1.31. The van der Waals surface area contributed by atoms with E-state index in [-0.39, 0.29) is 12.3 Å². The van der Waals surface area contributed by atoms with Crippen LogP contribution >= 0.6 is 0 Å². The lowest BCUT2D eigenvalue weighted by Crippen LogP contribution is -2.21. The number of aromatic nitrogens is 1. The van der Waals surface area contributed by atoms with E-state index in [1.54, 1.807) is 26.1 Å². The lowest BCUT2D eigenvalue weighted by atomic mass is 10.3. The number of carboxylic acids is 1. The number of carbonyl (C=O) groups is 2. The highest BCUT2D eigenvalue weighted by Gasteiger charge is 2.20. The van der Waals surface area contributed by atoms with Crippen LogP contribution in [-0.2, 0) is 9.53 Å². The van der Waals surface area contributed by atoms with Crippen molar-refractivity contribution in [3.63, 3.8) is 0 Å². The minimum atomic E-state index is -1.06. The molecule has 0 radical (unpaired) electrons. The van der Waals surface area contributed by atoms with Crippen molar-refractivity contribution in [2.75, 3.05) is 6.61 Å². The molecule has 0 aliphatic rings. The molecule has 15 heavy (non-hydrogen) atoms. The average Bonchev–Trinajstić information content (AvgIpc) is 2.65. The highest BCUT2D eigenvalue weighted by atomic mass is 16.5. The molecule has 1 aromatic heterocycles. The summed E-state index contributed by atoms with van der Waals surface area (Å²) in [6.07, 6.45) is 1.55. The molecule has 5 nitrogen and oxygen atoms in total. The number of aromatic carboxylic acids is 1. The van der Waals surface area contributed by atoms with Crippen molar-refractivity contribution in [3.05, 3.63) is 24.0 Å². The molecule has 1 heterocycles. The summed E-state index contributed by atoms with van der Waals surface area (Å²) in [4.78, 5) is 22.2. The number of nitrogens with zero attached hydrogens (tertiary/aromatic N) is 1. The first-order valence-corrected chi connectivity index (χ1v) is 4.64. The summed E-state index contributed by atoms with van der Waals surface area (Å²) in [7, 11) is 0. The van der Waals surface area contributed by atoms with Gasteiger partial charge in [-0.25, -0.2) is 9.59 Å². The number of carboxylic acid groups (broad SMARTS) is 1. The molecule has 0 spiro atoms. The molecular formula is C10H13NO4. The van der Waals surface area contributed by atoms with Gasteiger partial charge in [0.2, 0.25) is 0 Å². The summed E-state index contributed by atoms with van der Waals surface area (Å²) in [5.41, 5.74) is 0.0792. The Morgan fingerprint density at radius 2 is 2.27 bits per heavy atom. The Bertz CT molecular complexity index is 369. The number of esters is 1. The van der Waals surface area contributed by atoms with E-state index in [0.717, 1.165) is 0 Å². The van der Waals surface area contributed by atoms with Crippen molar-refractivity contribution in [2.45, 2.75) is 19.9 Å². The Balaban J connectivity index is 2.90. The monoisotopic (exact) mass is 211 g/mol. The summed E-state index contributed by atoms with van der Waals surface area (Å²) in [5, 5.41) is 8.84. The maximum atomic E-state index is 11.4. The number of carbonyl (C=O) groups excluding carboxylic acids is 1. The molecule has 0 bridgehead atoms. The van der Waals surface area contributed by atoms with Gasteiger partial charge in [0.1, 0.15) is 11.7 Å². The van der Waals surface area contributed by atoms with E-state index >= 15 is 0 Å². The third-order valence-electron chi connectivity index (χ3n) is 2.04. The van der Waals surface area contributed by atoms with Crippen molar-refractivity contribution < 1.29 is 19.4 Å². The standard InChI is InChI=1S/C10H13NO4/c1-3-15-10(14)7(2)11-6-4-5-8(11)9(12)13/h4-7H,3H2,1-2H3,(H,12,13). The zero-order valence-electron chi connectivity index (χ0n) is 8.64. The summed E-state index contributed by atoms with van der Waals surface area (Å²) < 4.78 is 6.18. The Morgan fingerprint density at radius 1 is 1.60 bits per heavy atom. The van der Waals surface area contributed by atoms with Crippen LogP contribution in [0, 0.1) is 0 Å². The first kappa shape index (κ1) is 11.3. The third-order valence-corrected chi connectivity index (χ3v) is 2.04. The molecule has 0 fully saturated rings. The summed E-state index contributed by atoms with van der Waals surface area (Å²) >= 11 is 0. The fraction of sp³-hybridized carbons (Fsp3) is 0.400. The summed E-state index contributed by atoms with van der Waals surface area (Å²) in [6.45, 7) is 3.59. The molecule has 0 saturated heterocycles. The third kappa shape index (κ3) is 2.37. The van der Waals surface area contributed by atoms with Crippen LogP contribution in [0.4, 0.5) is 0 Å². The maximum Gasteiger partial charge on any atom is 0.352 e. The van der Waals surface area contributed by atoms with Crippen molar-refractivity contribution in [1.29, 1.82) is 0 Å². The van der Waals surface area contributed by atoms with Crippen LogP contribution in [0.3, 0.4) is 0 Å². The highest BCUT2D eigenvalue weighted by molar-refractivity contribution is 5.87. The topological polar surface area (TPSA) is 68.5 Å². The summed E-state index contributed by atoms with van der Waals surface area (Å²) in [6, 6.07) is 2.41. The summed E-state index contributed by atoms with van der Waals surface area (Å²) in [5.74, 6) is -1.49. The largest absolute Gasteiger partial charge is 0.477 e. The van der Waals surface area contributed by atoms with Crippen LogP contribution in [-0.4, -0.2) is 28.2 Å². The molecule has 1 rings (SSSR count). The van der Waals surface area contributed by atoms with Crippen molar-refractivity contribution in [1.82, 2.24) is 4.57 Å². The van der Waals surface area contributed by atoms with Gasteiger partial charge in [-0.15, -0.1) is 0 Å². The lowest BCUT2D eigenvalue weighted by Gasteiger charge is -2.13. The van der Waals surface area contributed by atoms with E-state index in [9.17, 15) is 9.59 Å². The molecular weight excluding hydrogens is 198 g/mol. The van der Waals surface area contributed by atoms with E-state index < -0.39 is 18.0 Å². The first-order valence-electron chi connectivity index (χ1n) is 4.64. The normalized spacial score (nSPS) is 12.1. The van der Waals surface area contributed by atoms with Crippen LogP contribution in [0.25, 0.3) is 0 Å². The van der Waals surface area contributed by atoms with E-state index in [0.29, 0.717) is 0 Å². The van der Waals surface area contributed by atoms with Crippen LogP contribution in [0.2, 0.25) is 0 Å². The van der Waals surface area contributed by atoms with Crippen molar-refractivity contribution in [3.8, 4) is 0 Å². The molecule has 1 unspecified atom stereocenters. The van der Waals surface area contributed by atoms with Gasteiger partial charge in [0, 0.05) is 6.20 Å². The second kappa shape index (κ2) is 4.63. The molecule has 1 atom stereocenters. The smallest absolute Gasteiger partial charge is 0.352 e. The average molecular weight is 211 g/mol.